The number of piperazine rings is 1. The first-order valence-electron chi connectivity index (χ1n) is 10.2. The van der Waals surface area contributed by atoms with E-state index in [9.17, 15) is 14.4 Å². The molecule has 30 heavy (non-hydrogen) atoms. The predicted molar refractivity (Wildman–Crippen MR) is 116 cm³/mol. The van der Waals surface area contributed by atoms with Crippen LogP contribution < -0.4 is 10.2 Å². The molecule has 1 fully saturated rings. The van der Waals surface area contributed by atoms with E-state index in [-0.39, 0.29) is 30.7 Å². The number of rotatable bonds is 5. The second-order valence-corrected chi connectivity index (χ2v) is 7.92. The van der Waals surface area contributed by atoms with Crippen molar-refractivity contribution in [3.8, 4) is 0 Å². The molecule has 7 nitrogen and oxygen atoms in total. The van der Waals surface area contributed by atoms with Gasteiger partial charge in [-0.1, -0.05) is 23.8 Å². The zero-order chi connectivity index (χ0) is 21.3. The Hall–Kier alpha value is -3.19. The van der Waals surface area contributed by atoms with Gasteiger partial charge in [-0.05, 0) is 38.2 Å². The number of carbonyl (C=O) groups excluding carboxylic acids is 3. The minimum atomic E-state index is -0.333. The van der Waals surface area contributed by atoms with E-state index in [1.807, 2.05) is 37.3 Å². The predicted octanol–water partition coefficient (Wildman–Crippen LogP) is 2.37. The molecule has 0 atom stereocenters. The van der Waals surface area contributed by atoms with Crippen molar-refractivity contribution in [1.29, 1.82) is 0 Å². The van der Waals surface area contributed by atoms with Crippen LogP contribution in [-0.4, -0.2) is 67.3 Å². The molecule has 0 spiro atoms. The fraction of sp³-hybridized carbons (Fsp3) is 0.348. The van der Waals surface area contributed by atoms with E-state index in [2.05, 4.69) is 22.2 Å². The number of nitrogens with one attached hydrogen (secondary N) is 1. The zero-order valence-electron chi connectivity index (χ0n) is 17.4. The highest BCUT2D eigenvalue weighted by atomic mass is 16.2. The molecular formula is C23H26N4O3. The van der Waals surface area contributed by atoms with Crippen LogP contribution in [0.3, 0.4) is 0 Å². The number of anilines is 2. The first-order chi connectivity index (χ1) is 14.4. The third kappa shape index (κ3) is 3.93. The van der Waals surface area contributed by atoms with Crippen molar-refractivity contribution < 1.29 is 14.4 Å². The van der Waals surface area contributed by atoms with Crippen LogP contribution >= 0.6 is 0 Å². The Morgan fingerprint density at radius 1 is 0.967 bits per heavy atom. The standard InChI is InChI=1S/C23H26N4O3/c1-16-7-8-17-18(15-16)23(30)27(22(17)29)10-9-21(28)24-19-5-3-4-6-20(19)26-13-11-25(2)12-14-26/h3-8,15H,9-14H2,1-2H3,(H,24,28). The Kier molecular flexibility index (Phi) is 5.55. The molecule has 0 unspecified atom stereocenters. The van der Waals surface area contributed by atoms with Gasteiger partial charge in [0.05, 0.1) is 22.5 Å². The summed E-state index contributed by atoms with van der Waals surface area (Å²) in [6.07, 6.45) is 0.0571. The van der Waals surface area contributed by atoms with Gasteiger partial charge < -0.3 is 15.1 Å². The van der Waals surface area contributed by atoms with Crippen molar-refractivity contribution in [3.63, 3.8) is 0 Å². The molecule has 2 aromatic carbocycles. The van der Waals surface area contributed by atoms with Gasteiger partial charge in [-0.15, -0.1) is 0 Å². The lowest BCUT2D eigenvalue weighted by Gasteiger charge is -2.35. The number of imide groups is 1. The lowest BCUT2D eigenvalue weighted by Crippen LogP contribution is -2.44. The van der Waals surface area contributed by atoms with E-state index in [4.69, 9.17) is 0 Å². The highest BCUT2D eigenvalue weighted by Crippen LogP contribution is 2.27. The molecule has 1 N–H and O–H groups in total. The molecule has 156 valence electrons. The number of benzene rings is 2. The largest absolute Gasteiger partial charge is 0.367 e. The molecule has 2 aromatic rings. The third-order valence-corrected chi connectivity index (χ3v) is 5.71. The van der Waals surface area contributed by atoms with Crippen molar-refractivity contribution in [2.45, 2.75) is 13.3 Å². The summed E-state index contributed by atoms with van der Waals surface area (Å²) in [7, 11) is 2.10. The highest BCUT2D eigenvalue weighted by molar-refractivity contribution is 6.21. The number of carbonyl (C=O) groups is 3. The molecule has 2 heterocycles. The van der Waals surface area contributed by atoms with Crippen molar-refractivity contribution in [1.82, 2.24) is 9.80 Å². The number of likely N-dealkylation sites (N-methyl/N-ethyl adjacent to an activating group) is 1. The highest BCUT2D eigenvalue weighted by Gasteiger charge is 2.35. The second-order valence-electron chi connectivity index (χ2n) is 7.92. The van der Waals surface area contributed by atoms with Crippen LogP contribution in [0.25, 0.3) is 0 Å². The molecule has 0 aromatic heterocycles. The molecule has 4 rings (SSSR count). The minimum Gasteiger partial charge on any atom is -0.367 e. The summed E-state index contributed by atoms with van der Waals surface area (Å²) in [4.78, 5) is 43.4. The first kappa shape index (κ1) is 20.1. The van der Waals surface area contributed by atoms with Gasteiger partial charge in [0.2, 0.25) is 5.91 Å². The van der Waals surface area contributed by atoms with Crippen LogP contribution in [0.2, 0.25) is 0 Å². The monoisotopic (exact) mass is 406 g/mol. The number of amides is 3. The number of para-hydroxylation sites is 2. The van der Waals surface area contributed by atoms with Crippen molar-refractivity contribution >= 4 is 29.1 Å². The fourth-order valence-corrected chi connectivity index (χ4v) is 3.94. The number of nitrogens with zero attached hydrogens (tertiary/aromatic N) is 3. The van der Waals surface area contributed by atoms with Crippen LogP contribution in [0.1, 0.15) is 32.7 Å². The Labute approximate surface area is 176 Å². The van der Waals surface area contributed by atoms with Crippen molar-refractivity contribution in [2.75, 3.05) is 50.0 Å². The summed E-state index contributed by atoms with van der Waals surface area (Å²) in [5, 5.41) is 2.96. The molecule has 3 amide bonds. The average molecular weight is 406 g/mol. The quantitative estimate of drug-likeness (QED) is 0.772. The molecule has 0 aliphatic carbocycles. The van der Waals surface area contributed by atoms with Crippen LogP contribution in [0.4, 0.5) is 11.4 Å². The first-order valence-corrected chi connectivity index (χ1v) is 10.2. The molecule has 2 aliphatic heterocycles. The maximum absolute atomic E-state index is 12.6. The molecule has 0 radical (unpaired) electrons. The smallest absolute Gasteiger partial charge is 0.261 e. The van der Waals surface area contributed by atoms with Crippen molar-refractivity contribution in [3.05, 3.63) is 59.2 Å². The van der Waals surface area contributed by atoms with E-state index < -0.39 is 0 Å². The summed E-state index contributed by atoms with van der Waals surface area (Å²) in [6.45, 7) is 5.69. The van der Waals surface area contributed by atoms with Gasteiger partial charge >= 0.3 is 0 Å². The van der Waals surface area contributed by atoms with Gasteiger partial charge in [0.1, 0.15) is 0 Å². The summed E-state index contributed by atoms with van der Waals surface area (Å²) >= 11 is 0. The van der Waals surface area contributed by atoms with E-state index in [0.29, 0.717) is 11.1 Å². The average Bonchev–Trinajstić information content (AvgIpc) is 2.97. The van der Waals surface area contributed by atoms with Crippen LogP contribution in [0.5, 0.6) is 0 Å². The fourth-order valence-electron chi connectivity index (χ4n) is 3.94. The molecule has 0 saturated carbocycles. The summed E-state index contributed by atoms with van der Waals surface area (Å²) in [5.41, 5.74) is 3.50. The Morgan fingerprint density at radius 2 is 1.67 bits per heavy atom. The number of hydrogen-bond donors (Lipinski definition) is 1. The maximum Gasteiger partial charge on any atom is 0.261 e. The SMILES string of the molecule is Cc1ccc2c(c1)C(=O)N(CCC(=O)Nc1ccccc1N1CCN(C)CC1)C2=O. The molecule has 7 heteroatoms. The van der Waals surface area contributed by atoms with Gasteiger partial charge in [0.15, 0.2) is 0 Å². The molecule has 1 saturated heterocycles. The van der Waals surface area contributed by atoms with Gasteiger partial charge in [0, 0.05) is 39.1 Å². The lowest BCUT2D eigenvalue weighted by molar-refractivity contribution is -0.116. The minimum absolute atomic E-state index is 0.0571. The third-order valence-electron chi connectivity index (χ3n) is 5.71. The topological polar surface area (TPSA) is 73.0 Å². The van der Waals surface area contributed by atoms with Crippen molar-refractivity contribution in [2.24, 2.45) is 0 Å². The number of hydrogen-bond acceptors (Lipinski definition) is 5. The Balaban J connectivity index is 1.39. The molecular weight excluding hydrogens is 380 g/mol. The van der Waals surface area contributed by atoms with E-state index in [0.717, 1.165) is 48.0 Å². The summed E-state index contributed by atoms with van der Waals surface area (Å²) in [6, 6.07) is 13.0. The van der Waals surface area contributed by atoms with E-state index in [1.54, 1.807) is 12.1 Å². The Morgan fingerprint density at radius 3 is 2.43 bits per heavy atom. The summed E-state index contributed by atoms with van der Waals surface area (Å²) < 4.78 is 0. The normalized spacial score (nSPS) is 16.7. The zero-order valence-corrected chi connectivity index (χ0v) is 17.4. The Bertz CT molecular complexity index is 996. The van der Waals surface area contributed by atoms with Gasteiger partial charge in [-0.25, -0.2) is 0 Å². The van der Waals surface area contributed by atoms with Crippen LogP contribution in [0.15, 0.2) is 42.5 Å². The van der Waals surface area contributed by atoms with Crippen LogP contribution in [-0.2, 0) is 4.79 Å². The molecule has 0 bridgehead atoms. The second kappa shape index (κ2) is 8.28. The lowest BCUT2D eigenvalue weighted by atomic mass is 10.1. The maximum atomic E-state index is 12.6. The van der Waals surface area contributed by atoms with Crippen LogP contribution in [0, 0.1) is 6.92 Å². The van der Waals surface area contributed by atoms with E-state index in [1.165, 1.54) is 0 Å². The summed E-state index contributed by atoms with van der Waals surface area (Å²) in [5.74, 6) is -0.880. The molecule has 2 aliphatic rings. The van der Waals surface area contributed by atoms with Gasteiger partial charge in [-0.2, -0.15) is 0 Å². The van der Waals surface area contributed by atoms with Gasteiger partial charge in [-0.3, -0.25) is 19.3 Å². The number of fused-ring (bicyclic) bond motifs is 1. The van der Waals surface area contributed by atoms with Gasteiger partial charge in [0.25, 0.3) is 11.8 Å². The number of aryl methyl sites for hydroxylation is 1. The van der Waals surface area contributed by atoms with E-state index >= 15 is 0 Å².